The molecule has 0 saturated heterocycles. The average molecular weight is 630 g/mol. The van der Waals surface area contributed by atoms with Crippen LogP contribution in [0.1, 0.15) is 91.8 Å². The summed E-state index contributed by atoms with van der Waals surface area (Å²) >= 11 is 0. The van der Waals surface area contributed by atoms with Gasteiger partial charge in [0.25, 0.3) is 0 Å². The molecule has 0 saturated carbocycles. The molecule has 3 aromatic rings. The number of ketones is 1. The zero-order valence-corrected chi connectivity index (χ0v) is 29.2. The second kappa shape index (κ2) is 11.8. The Morgan fingerprint density at radius 3 is 2.32 bits per heavy atom. The molecule has 0 atom stereocenters. The van der Waals surface area contributed by atoms with E-state index in [2.05, 4.69) is 60.0 Å². The average Bonchev–Trinajstić information content (AvgIpc) is 3.07. The van der Waals surface area contributed by atoms with Crippen molar-refractivity contribution in [3.8, 4) is 11.5 Å². The van der Waals surface area contributed by atoms with Crippen LogP contribution in [0, 0.1) is 0 Å². The van der Waals surface area contributed by atoms with Gasteiger partial charge in [-0.15, -0.1) is 0 Å². The summed E-state index contributed by atoms with van der Waals surface area (Å²) in [6, 6.07) is 14.4. The second-order valence-electron chi connectivity index (χ2n) is 15.7. The van der Waals surface area contributed by atoms with Gasteiger partial charge in [0.2, 0.25) is 5.36 Å². The van der Waals surface area contributed by atoms with Crippen LogP contribution in [-0.4, -0.2) is 57.1 Å². The van der Waals surface area contributed by atoms with Gasteiger partial charge in [0.15, 0.2) is 5.78 Å². The Balaban J connectivity index is 1.24. The van der Waals surface area contributed by atoms with Crippen LogP contribution in [0.3, 0.4) is 0 Å². The molecule has 0 N–H and O–H groups in total. The van der Waals surface area contributed by atoms with Crippen molar-refractivity contribution in [1.82, 2.24) is 4.58 Å². The lowest BCUT2D eigenvalue weighted by Gasteiger charge is -2.39. The summed E-state index contributed by atoms with van der Waals surface area (Å²) in [4.78, 5) is 15.4. The number of allylic oxidation sites excluding steroid dienone is 2. The third-order valence-electron chi connectivity index (χ3n) is 11.7. The highest BCUT2D eigenvalue weighted by Gasteiger charge is 2.35. The van der Waals surface area contributed by atoms with Gasteiger partial charge in [-0.2, -0.15) is 0 Å². The van der Waals surface area contributed by atoms with E-state index in [1.165, 1.54) is 113 Å². The lowest BCUT2D eigenvalue weighted by atomic mass is 9.82. The summed E-state index contributed by atoms with van der Waals surface area (Å²) in [5.74, 6) is 2.52. The van der Waals surface area contributed by atoms with Crippen LogP contribution in [0.15, 0.2) is 47.5 Å². The van der Waals surface area contributed by atoms with Crippen LogP contribution in [0.25, 0.3) is 5.57 Å². The summed E-state index contributed by atoms with van der Waals surface area (Å²) in [5, 5.41) is 2.77. The van der Waals surface area contributed by atoms with Crippen LogP contribution < -0.4 is 24.8 Å². The van der Waals surface area contributed by atoms with E-state index in [1.807, 2.05) is 20.8 Å². The van der Waals surface area contributed by atoms with E-state index in [1.54, 1.807) is 0 Å². The van der Waals surface area contributed by atoms with Crippen molar-refractivity contribution in [3.05, 3.63) is 97.1 Å². The third-order valence-corrected chi connectivity index (χ3v) is 11.7. The first-order chi connectivity index (χ1) is 22.7. The van der Waals surface area contributed by atoms with Gasteiger partial charge in [-0.05, 0) is 88.1 Å². The Bertz CT molecular complexity index is 1950. The number of quaternary nitrogens is 1. The van der Waals surface area contributed by atoms with Gasteiger partial charge in [0, 0.05) is 64.7 Å². The zero-order valence-electron chi connectivity index (χ0n) is 29.2. The van der Waals surface area contributed by atoms with E-state index < -0.39 is 0 Å². The van der Waals surface area contributed by atoms with Gasteiger partial charge >= 0.3 is 0 Å². The lowest BCUT2D eigenvalue weighted by molar-refractivity contribution is -0.903. The second-order valence-corrected chi connectivity index (χ2v) is 15.7. The van der Waals surface area contributed by atoms with Crippen LogP contribution >= 0.6 is 0 Å². The first kappa shape index (κ1) is 30.6. The van der Waals surface area contributed by atoms with Crippen molar-refractivity contribution in [2.75, 3.05) is 51.7 Å². The minimum Gasteiger partial charge on any atom is -0.455 e. The molecule has 5 nitrogen and oxygen atoms in total. The molecule has 0 aromatic heterocycles. The Labute approximate surface area is 280 Å². The molecular weight excluding hydrogens is 578 g/mol. The molecule has 5 heterocycles. The molecule has 47 heavy (non-hydrogen) atoms. The van der Waals surface area contributed by atoms with E-state index in [9.17, 15) is 4.79 Å². The molecule has 8 rings (SSSR count). The van der Waals surface area contributed by atoms with E-state index in [0.717, 1.165) is 65.9 Å². The van der Waals surface area contributed by atoms with Gasteiger partial charge in [-0.25, -0.2) is 4.58 Å². The number of Topliss-reactive ketones (excluding diaryl/α,β-unsaturated/α-hetero) is 1. The highest BCUT2D eigenvalue weighted by molar-refractivity contribution is 5.95. The van der Waals surface area contributed by atoms with Gasteiger partial charge < -0.3 is 14.1 Å². The zero-order chi connectivity index (χ0) is 32.4. The van der Waals surface area contributed by atoms with Crippen molar-refractivity contribution in [1.29, 1.82) is 0 Å². The van der Waals surface area contributed by atoms with E-state index >= 15 is 0 Å². The van der Waals surface area contributed by atoms with E-state index in [-0.39, 0.29) is 5.78 Å². The maximum absolute atomic E-state index is 12.7. The Morgan fingerprint density at radius 1 is 0.851 bits per heavy atom. The molecule has 0 spiro atoms. The SMILES string of the molecule is CC(C)=C(C)C(=O)CC[N+](C)(C)Cc1ccc(C2=c3cc4c5c(c3Oc3c2cc2c6c3CCCN6CCC2)CCC[N+]=5CCC4)cc1. The number of fused-ring (bicyclic) bond motifs is 4. The Morgan fingerprint density at radius 2 is 1.55 bits per heavy atom. The minimum absolute atomic E-state index is 0.272. The van der Waals surface area contributed by atoms with Gasteiger partial charge in [0.1, 0.15) is 31.1 Å². The first-order valence-corrected chi connectivity index (χ1v) is 18.2. The predicted molar refractivity (Wildman–Crippen MR) is 191 cm³/mol. The van der Waals surface area contributed by atoms with Gasteiger partial charge in [-0.1, -0.05) is 29.8 Å². The molecule has 0 aliphatic carbocycles. The highest BCUT2D eigenvalue weighted by atomic mass is 16.5. The van der Waals surface area contributed by atoms with E-state index in [0.29, 0.717) is 6.42 Å². The summed E-state index contributed by atoms with van der Waals surface area (Å²) in [6.45, 7) is 12.4. The minimum atomic E-state index is 0.272. The fraction of sp³-hybridized carbons (Fsp3) is 0.476. The monoisotopic (exact) mass is 629 g/mol. The molecule has 0 fully saturated rings. The van der Waals surface area contributed by atoms with Gasteiger partial charge in [-0.3, -0.25) is 4.79 Å². The number of nitrogens with zero attached hydrogens (tertiary/aromatic N) is 3. The van der Waals surface area contributed by atoms with Crippen LogP contribution in [0.2, 0.25) is 0 Å². The number of hydrogen-bond donors (Lipinski definition) is 0. The number of carbonyl (C=O) groups is 1. The summed E-state index contributed by atoms with van der Waals surface area (Å²) in [7, 11) is 4.49. The maximum atomic E-state index is 12.7. The molecule has 5 aliphatic rings. The number of anilines is 1. The van der Waals surface area contributed by atoms with Crippen molar-refractivity contribution < 1.29 is 14.0 Å². The Hall–Kier alpha value is -3.70. The standard InChI is InChI=1S/C42H51N3O2/c1-27(2)28(3)37(46)18-23-45(4,5)26-29-14-16-30(17-15-29)38-35-24-31-10-6-19-43-21-8-12-33(39(31)43)41(35)47-42-34-13-9-22-44-20-7-11-32(40(34)44)25-36(38)42/h14-17,24-25H,6-13,18-23,26H2,1-5H3/q+2. The summed E-state index contributed by atoms with van der Waals surface area (Å²) in [6.07, 6.45) is 9.93. The van der Waals surface area contributed by atoms with Crippen LogP contribution in [0.5, 0.6) is 11.5 Å². The highest BCUT2D eigenvalue weighted by Crippen LogP contribution is 2.48. The largest absolute Gasteiger partial charge is 0.455 e. The molecule has 5 aliphatic heterocycles. The fourth-order valence-corrected chi connectivity index (χ4v) is 9.05. The molecule has 0 amide bonds. The number of benzene rings is 3. The Kier molecular flexibility index (Phi) is 7.67. The number of hydrogen-bond acceptors (Lipinski definition) is 3. The predicted octanol–water partition coefficient (Wildman–Crippen LogP) is 6.01. The number of ether oxygens (including phenoxy) is 1. The molecule has 0 radical (unpaired) electrons. The van der Waals surface area contributed by atoms with Crippen molar-refractivity contribution in [2.45, 2.75) is 85.1 Å². The maximum Gasteiger partial charge on any atom is 0.210 e. The van der Waals surface area contributed by atoms with Crippen molar-refractivity contribution in [2.24, 2.45) is 0 Å². The molecule has 244 valence electrons. The molecule has 0 bridgehead atoms. The molecule has 0 unspecified atom stereocenters. The molecule has 3 aromatic carbocycles. The lowest BCUT2D eigenvalue weighted by Crippen LogP contribution is -2.45. The van der Waals surface area contributed by atoms with Crippen molar-refractivity contribution in [3.63, 3.8) is 0 Å². The van der Waals surface area contributed by atoms with Crippen LogP contribution in [-0.2, 0) is 37.0 Å². The van der Waals surface area contributed by atoms with Crippen molar-refractivity contribution >= 4 is 17.0 Å². The molecular formula is C42H51N3O2+2. The third kappa shape index (κ3) is 5.35. The first-order valence-electron chi connectivity index (χ1n) is 18.2. The fourth-order valence-electron chi connectivity index (χ4n) is 9.05. The smallest absolute Gasteiger partial charge is 0.210 e. The molecule has 5 heteroatoms. The number of carbonyl (C=O) groups excluding carboxylic acids is 1. The topological polar surface area (TPSA) is 32.5 Å². The summed E-state index contributed by atoms with van der Waals surface area (Å²) in [5.41, 5.74) is 14.7. The van der Waals surface area contributed by atoms with Crippen LogP contribution in [0.4, 0.5) is 5.69 Å². The van der Waals surface area contributed by atoms with E-state index in [4.69, 9.17) is 4.74 Å². The quantitative estimate of drug-likeness (QED) is 0.143. The normalized spacial score (nSPS) is 17.7. The summed E-state index contributed by atoms with van der Waals surface area (Å²) < 4.78 is 10.7. The number of aryl methyl sites for hydroxylation is 2. The number of rotatable bonds is 7. The van der Waals surface area contributed by atoms with Gasteiger partial charge in [0.05, 0.1) is 32.6 Å².